The summed E-state index contributed by atoms with van der Waals surface area (Å²) >= 11 is 0. The summed E-state index contributed by atoms with van der Waals surface area (Å²) in [6.07, 6.45) is -4.22. The largest absolute Gasteiger partial charge is 0.504 e. The Kier molecular flexibility index (Phi) is 5.61. The summed E-state index contributed by atoms with van der Waals surface area (Å²) < 4.78 is 54.8. The van der Waals surface area contributed by atoms with Gasteiger partial charge in [0.25, 0.3) is 0 Å². The number of methoxy groups -OCH3 is 1. The van der Waals surface area contributed by atoms with Crippen LogP contribution in [0.2, 0.25) is 0 Å². The number of alkyl halides is 4. The van der Waals surface area contributed by atoms with E-state index in [1.54, 1.807) is 19.1 Å². The molecule has 0 aliphatic heterocycles. The Morgan fingerprint density at radius 2 is 1.82 bits per heavy atom. The number of carbonyl (C=O) groups is 1. The molecule has 1 N–H and O–H groups in total. The van der Waals surface area contributed by atoms with E-state index in [4.69, 9.17) is 0 Å². The number of carbonyl (C=O) groups excluding carboxylic acids is 1. The zero-order valence-electron chi connectivity index (χ0n) is 11.6. The second-order valence-electron chi connectivity index (χ2n) is 4.15. The average Bonchev–Trinajstić information content (AvgIpc) is 2.48. The number of ether oxygens (including phenoxy) is 1. The molecular formula is C13H12F4N2O3. The molecule has 0 aromatic heterocycles. The summed E-state index contributed by atoms with van der Waals surface area (Å²) in [7, 11) is 0.817. The van der Waals surface area contributed by atoms with E-state index in [9.17, 15) is 27.5 Å². The first-order valence-corrected chi connectivity index (χ1v) is 5.86. The van der Waals surface area contributed by atoms with Gasteiger partial charge < -0.3 is 9.84 Å². The van der Waals surface area contributed by atoms with Crippen LogP contribution in [0, 0.1) is 6.92 Å². The second-order valence-corrected chi connectivity index (χ2v) is 4.15. The van der Waals surface area contributed by atoms with Crippen LogP contribution < -0.4 is 0 Å². The van der Waals surface area contributed by atoms with Crippen LogP contribution in [0.1, 0.15) is 5.56 Å². The predicted molar refractivity (Wildman–Crippen MR) is 68.3 cm³/mol. The van der Waals surface area contributed by atoms with E-state index in [1.165, 1.54) is 12.1 Å². The van der Waals surface area contributed by atoms with Crippen molar-refractivity contribution in [3.8, 4) is 0 Å². The number of esters is 1. The fourth-order valence-electron chi connectivity index (χ4n) is 1.26. The van der Waals surface area contributed by atoms with Gasteiger partial charge in [-0.3, -0.25) is 0 Å². The van der Waals surface area contributed by atoms with Crippen molar-refractivity contribution in [1.82, 2.24) is 0 Å². The molecule has 0 bridgehead atoms. The smallest absolute Gasteiger partial charge is 0.365 e. The Hall–Kier alpha value is -2.45. The van der Waals surface area contributed by atoms with Crippen LogP contribution in [-0.4, -0.2) is 30.5 Å². The molecule has 0 atom stereocenters. The van der Waals surface area contributed by atoms with Crippen LogP contribution in [0.4, 0.5) is 23.2 Å². The second kappa shape index (κ2) is 7.01. The van der Waals surface area contributed by atoms with Gasteiger partial charge in [0, 0.05) is 0 Å². The maximum absolute atomic E-state index is 13.1. The molecule has 0 amide bonds. The van der Waals surface area contributed by atoms with Crippen molar-refractivity contribution in [2.24, 2.45) is 10.2 Å². The summed E-state index contributed by atoms with van der Waals surface area (Å²) in [5.74, 6) is -8.67. The van der Waals surface area contributed by atoms with Crippen molar-refractivity contribution < 1.29 is 32.2 Å². The lowest BCUT2D eigenvalue weighted by Gasteiger charge is -2.15. The molecule has 0 aliphatic rings. The van der Waals surface area contributed by atoms with Gasteiger partial charge in [0.05, 0.1) is 12.8 Å². The van der Waals surface area contributed by atoms with Gasteiger partial charge in [-0.05, 0) is 19.1 Å². The number of aryl methyl sites for hydroxylation is 1. The molecule has 22 heavy (non-hydrogen) atoms. The summed E-state index contributed by atoms with van der Waals surface area (Å²) in [6.45, 7) is 1.79. The van der Waals surface area contributed by atoms with Crippen molar-refractivity contribution in [1.29, 1.82) is 0 Å². The number of aliphatic hydroxyl groups is 1. The number of nitrogens with zero attached hydrogens (tertiary/aromatic N) is 2. The SMILES string of the molecule is COC(=O)/C(N=Nc1ccc(C)cc1)=C(\O)C(F)(F)C(F)F. The summed E-state index contributed by atoms with van der Waals surface area (Å²) in [5, 5.41) is 15.8. The molecule has 0 aliphatic carbocycles. The number of hydrogen-bond acceptors (Lipinski definition) is 5. The molecule has 0 radical (unpaired) electrons. The Morgan fingerprint density at radius 3 is 2.27 bits per heavy atom. The lowest BCUT2D eigenvalue weighted by molar-refractivity contribution is -0.139. The quantitative estimate of drug-likeness (QED) is 0.294. The van der Waals surface area contributed by atoms with Crippen LogP contribution in [0.15, 0.2) is 46.0 Å². The van der Waals surface area contributed by atoms with E-state index in [0.29, 0.717) is 0 Å². The van der Waals surface area contributed by atoms with Crippen LogP contribution >= 0.6 is 0 Å². The van der Waals surface area contributed by atoms with Crippen LogP contribution in [0.3, 0.4) is 0 Å². The molecule has 0 unspecified atom stereocenters. The van der Waals surface area contributed by atoms with E-state index in [-0.39, 0.29) is 5.69 Å². The highest BCUT2D eigenvalue weighted by molar-refractivity contribution is 5.88. The highest BCUT2D eigenvalue weighted by Crippen LogP contribution is 2.32. The maximum Gasteiger partial charge on any atom is 0.365 e. The minimum atomic E-state index is -4.95. The number of rotatable bonds is 5. The van der Waals surface area contributed by atoms with E-state index >= 15 is 0 Å². The Morgan fingerprint density at radius 1 is 1.27 bits per heavy atom. The molecule has 0 spiro atoms. The Balaban J connectivity index is 3.24. The third-order valence-electron chi connectivity index (χ3n) is 2.49. The fourth-order valence-corrected chi connectivity index (χ4v) is 1.26. The molecule has 0 saturated carbocycles. The van der Waals surface area contributed by atoms with E-state index in [0.717, 1.165) is 12.7 Å². The van der Waals surface area contributed by atoms with E-state index in [2.05, 4.69) is 15.0 Å². The molecule has 5 nitrogen and oxygen atoms in total. The van der Waals surface area contributed by atoms with Gasteiger partial charge in [-0.2, -0.15) is 13.9 Å². The molecule has 1 aromatic carbocycles. The van der Waals surface area contributed by atoms with Crippen molar-refractivity contribution in [2.45, 2.75) is 19.3 Å². The van der Waals surface area contributed by atoms with Crippen LogP contribution in [0.5, 0.6) is 0 Å². The maximum atomic E-state index is 13.1. The molecule has 1 aromatic rings. The minimum Gasteiger partial charge on any atom is -0.504 e. The normalized spacial score (nSPS) is 13.4. The molecule has 9 heteroatoms. The van der Waals surface area contributed by atoms with Crippen molar-refractivity contribution in [3.63, 3.8) is 0 Å². The summed E-state index contributed by atoms with van der Waals surface area (Å²) in [4.78, 5) is 11.3. The highest BCUT2D eigenvalue weighted by Gasteiger charge is 2.48. The van der Waals surface area contributed by atoms with Gasteiger partial charge in [0.15, 0.2) is 0 Å². The zero-order chi connectivity index (χ0) is 16.9. The number of benzene rings is 1. The molecule has 0 saturated heterocycles. The molecular weight excluding hydrogens is 308 g/mol. The van der Waals surface area contributed by atoms with Crippen molar-refractivity contribution in [3.05, 3.63) is 41.3 Å². The van der Waals surface area contributed by atoms with Gasteiger partial charge in [-0.1, -0.05) is 17.7 Å². The highest BCUT2D eigenvalue weighted by atomic mass is 19.3. The molecule has 0 heterocycles. The zero-order valence-corrected chi connectivity index (χ0v) is 11.6. The summed E-state index contributed by atoms with van der Waals surface area (Å²) in [5.41, 5.74) is -0.344. The predicted octanol–water partition coefficient (Wildman–Crippen LogP) is 3.92. The minimum absolute atomic E-state index is 0.167. The van der Waals surface area contributed by atoms with Gasteiger partial charge in [-0.15, -0.1) is 5.11 Å². The third kappa shape index (κ3) is 4.03. The van der Waals surface area contributed by atoms with Crippen LogP contribution in [-0.2, 0) is 9.53 Å². The number of aliphatic hydroxyl groups excluding tert-OH is 1. The lowest BCUT2D eigenvalue weighted by atomic mass is 10.2. The Labute approximate surface area is 122 Å². The van der Waals surface area contributed by atoms with Crippen molar-refractivity contribution >= 4 is 11.7 Å². The summed E-state index contributed by atoms with van der Waals surface area (Å²) in [6, 6.07) is 6.17. The average molecular weight is 320 g/mol. The van der Waals surface area contributed by atoms with Gasteiger partial charge in [0.1, 0.15) is 0 Å². The molecule has 120 valence electrons. The molecule has 0 fully saturated rings. The topological polar surface area (TPSA) is 71.2 Å². The number of halogens is 4. The first-order chi connectivity index (χ1) is 10.2. The van der Waals surface area contributed by atoms with Crippen molar-refractivity contribution in [2.75, 3.05) is 7.11 Å². The standard InChI is InChI=1S/C13H12F4N2O3/c1-7-3-5-8(6-4-7)18-19-9(11(21)22-2)10(20)13(16,17)12(14)15/h3-6,12,20H,1-2H3/b10-9+,19-18?. The number of allylic oxidation sites excluding steroid dienone is 1. The first kappa shape index (κ1) is 17.6. The fraction of sp³-hybridized carbons (Fsp3) is 0.308. The van der Waals surface area contributed by atoms with Gasteiger partial charge in [0.2, 0.25) is 11.5 Å². The van der Waals surface area contributed by atoms with Gasteiger partial charge >= 0.3 is 18.3 Å². The van der Waals surface area contributed by atoms with Gasteiger partial charge in [-0.25, -0.2) is 13.6 Å². The molecule has 1 rings (SSSR count). The van der Waals surface area contributed by atoms with Crippen LogP contribution in [0.25, 0.3) is 0 Å². The Bertz CT molecular complexity index is 598. The number of azo groups is 1. The lowest BCUT2D eigenvalue weighted by Crippen LogP contribution is -2.31. The third-order valence-corrected chi connectivity index (χ3v) is 2.49. The van der Waals surface area contributed by atoms with E-state index in [1.807, 2.05) is 0 Å². The first-order valence-electron chi connectivity index (χ1n) is 5.86. The monoisotopic (exact) mass is 320 g/mol. The number of hydrogen-bond donors (Lipinski definition) is 1. The van der Waals surface area contributed by atoms with E-state index < -0.39 is 29.8 Å².